The largest absolute Gasteiger partial charge is 0.522 e. The number of methoxy groups -OCH3 is 1. The van der Waals surface area contributed by atoms with Gasteiger partial charge in [-0.2, -0.15) is 12.1 Å². The molecule has 0 atom stereocenters. The molecule has 2 nitrogen and oxygen atoms in total. The minimum Gasteiger partial charge on any atom is -0.522 e. The van der Waals surface area contributed by atoms with Gasteiger partial charge in [0, 0.05) is 38.5 Å². The summed E-state index contributed by atoms with van der Waals surface area (Å²) in [5, 5.41) is 0. The van der Waals surface area contributed by atoms with Crippen molar-refractivity contribution in [2.45, 2.75) is 0 Å². The van der Waals surface area contributed by atoms with Gasteiger partial charge in [0.1, 0.15) is 0 Å². The predicted octanol–water partition coefficient (Wildman–Crippen LogP) is 1.08. The van der Waals surface area contributed by atoms with E-state index >= 15 is 0 Å². The SMILES string of the molecule is COc1cc[c-]c(N)c1.[Y]. The van der Waals surface area contributed by atoms with Crippen LogP contribution in [0.4, 0.5) is 5.69 Å². The number of nitrogen functional groups attached to an aromatic ring is 1. The zero-order chi connectivity index (χ0) is 6.69. The third-order valence-corrected chi connectivity index (χ3v) is 1.03. The molecule has 10 heavy (non-hydrogen) atoms. The minimum atomic E-state index is 0. The zero-order valence-corrected chi connectivity index (χ0v) is 8.63. The molecule has 0 aliphatic rings. The van der Waals surface area contributed by atoms with E-state index < -0.39 is 0 Å². The maximum Gasteiger partial charge on any atom is 0.0743 e. The standard InChI is InChI=1S/C7H8NO.Y/c1-9-7-4-2-3-6(8)5-7;/h2,4-5H,8H2,1H3;/q-1;. The Balaban J connectivity index is 0.000000810. The van der Waals surface area contributed by atoms with E-state index in [1.807, 2.05) is 0 Å². The van der Waals surface area contributed by atoms with Crippen LogP contribution in [0.25, 0.3) is 0 Å². The molecule has 2 N–H and O–H groups in total. The molecule has 0 unspecified atom stereocenters. The minimum absolute atomic E-state index is 0. The van der Waals surface area contributed by atoms with Gasteiger partial charge in [-0.05, 0) is 0 Å². The van der Waals surface area contributed by atoms with Gasteiger partial charge >= 0.3 is 0 Å². The molecule has 0 saturated heterocycles. The Kier molecular flexibility index (Phi) is 4.66. The van der Waals surface area contributed by atoms with Crippen LogP contribution >= 0.6 is 0 Å². The Morgan fingerprint density at radius 2 is 2.30 bits per heavy atom. The van der Waals surface area contributed by atoms with Crippen molar-refractivity contribution >= 4 is 5.69 Å². The summed E-state index contributed by atoms with van der Waals surface area (Å²) in [6.07, 6.45) is 0. The number of hydrogen-bond acceptors (Lipinski definition) is 2. The van der Waals surface area contributed by atoms with Gasteiger partial charge < -0.3 is 10.5 Å². The fourth-order valence-corrected chi connectivity index (χ4v) is 0.590. The Hall–Kier alpha value is -0.0761. The number of benzene rings is 1. The van der Waals surface area contributed by atoms with Crippen molar-refractivity contribution in [1.29, 1.82) is 0 Å². The normalized spacial score (nSPS) is 8.10. The molecule has 1 rings (SSSR count). The second-order valence-corrected chi connectivity index (χ2v) is 1.68. The van der Waals surface area contributed by atoms with Crippen molar-refractivity contribution in [3.63, 3.8) is 0 Å². The zero-order valence-electron chi connectivity index (χ0n) is 5.79. The topological polar surface area (TPSA) is 35.2 Å². The van der Waals surface area contributed by atoms with Crippen LogP contribution in [0.15, 0.2) is 18.2 Å². The average molecular weight is 211 g/mol. The van der Waals surface area contributed by atoms with Crippen molar-refractivity contribution in [2.24, 2.45) is 0 Å². The van der Waals surface area contributed by atoms with Crippen LogP contribution in [0, 0.1) is 6.07 Å². The Bertz CT molecular complexity index is 203. The smallest absolute Gasteiger partial charge is 0.0743 e. The summed E-state index contributed by atoms with van der Waals surface area (Å²) in [7, 11) is 1.61. The van der Waals surface area contributed by atoms with E-state index in [4.69, 9.17) is 10.5 Å². The molecular formula is C7H8NOY-. The van der Waals surface area contributed by atoms with E-state index in [2.05, 4.69) is 6.07 Å². The molecule has 3 heteroatoms. The first-order valence-corrected chi connectivity index (χ1v) is 2.64. The molecule has 1 aromatic carbocycles. The summed E-state index contributed by atoms with van der Waals surface area (Å²) >= 11 is 0. The molecule has 0 spiro atoms. The van der Waals surface area contributed by atoms with Crippen LogP contribution in [0.5, 0.6) is 5.75 Å². The molecule has 0 saturated carbocycles. The first-order chi connectivity index (χ1) is 4.33. The molecule has 51 valence electrons. The van der Waals surface area contributed by atoms with Gasteiger partial charge in [-0.1, -0.05) is 5.69 Å². The van der Waals surface area contributed by atoms with E-state index in [1.165, 1.54) is 0 Å². The first kappa shape index (κ1) is 9.92. The number of hydrogen-bond donors (Lipinski definition) is 1. The second-order valence-electron chi connectivity index (χ2n) is 1.68. The molecule has 0 fully saturated rings. The average Bonchev–Trinajstić information content (AvgIpc) is 1.88. The third kappa shape index (κ3) is 2.67. The molecule has 0 aromatic heterocycles. The van der Waals surface area contributed by atoms with Crippen LogP contribution in [-0.4, -0.2) is 7.11 Å². The van der Waals surface area contributed by atoms with E-state index in [9.17, 15) is 0 Å². The monoisotopic (exact) mass is 211 g/mol. The van der Waals surface area contributed by atoms with Gasteiger partial charge in [-0.3, -0.25) is 0 Å². The summed E-state index contributed by atoms with van der Waals surface area (Å²) in [6.45, 7) is 0. The van der Waals surface area contributed by atoms with Crippen molar-refractivity contribution in [3.8, 4) is 5.75 Å². The Morgan fingerprint density at radius 3 is 2.70 bits per heavy atom. The van der Waals surface area contributed by atoms with Crippen molar-refractivity contribution in [1.82, 2.24) is 0 Å². The van der Waals surface area contributed by atoms with Crippen LogP contribution < -0.4 is 10.5 Å². The molecule has 0 bridgehead atoms. The number of ether oxygens (including phenoxy) is 1. The molecule has 1 aromatic rings. The van der Waals surface area contributed by atoms with Gasteiger partial charge in [0.15, 0.2) is 0 Å². The van der Waals surface area contributed by atoms with Crippen LogP contribution in [0.3, 0.4) is 0 Å². The summed E-state index contributed by atoms with van der Waals surface area (Å²) < 4.78 is 4.89. The van der Waals surface area contributed by atoms with Crippen molar-refractivity contribution in [3.05, 3.63) is 24.3 Å². The number of anilines is 1. The fourth-order valence-electron chi connectivity index (χ4n) is 0.590. The van der Waals surface area contributed by atoms with Gasteiger partial charge in [0.2, 0.25) is 0 Å². The molecule has 1 radical (unpaired) electrons. The van der Waals surface area contributed by atoms with E-state index in [-0.39, 0.29) is 32.7 Å². The third-order valence-electron chi connectivity index (χ3n) is 1.03. The van der Waals surface area contributed by atoms with Gasteiger partial charge in [-0.15, -0.1) is 12.1 Å². The maximum atomic E-state index is 5.40. The van der Waals surface area contributed by atoms with Crippen LogP contribution in [0.2, 0.25) is 0 Å². The van der Waals surface area contributed by atoms with E-state index in [0.717, 1.165) is 5.75 Å². The second kappa shape index (κ2) is 4.70. The predicted molar refractivity (Wildman–Crippen MR) is 36.2 cm³/mol. The number of rotatable bonds is 1. The van der Waals surface area contributed by atoms with Crippen molar-refractivity contribution in [2.75, 3.05) is 12.8 Å². The molecular weight excluding hydrogens is 203 g/mol. The summed E-state index contributed by atoms with van der Waals surface area (Å²) in [4.78, 5) is 0. The molecule has 0 aliphatic carbocycles. The number of nitrogens with two attached hydrogens (primary N) is 1. The maximum absolute atomic E-state index is 5.40. The first-order valence-electron chi connectivity index (χ1n) is 2.64. The molecule has 0 aliphatic heterocycles. The van der Waals surface area contributed by atoms with E-state index in [0.29, 0.717) is 5.69 Å². The fraction of sp³-hybridized carbons (Fsp3) is 0.143. The Labute approximate surface area is 85.6 Å². The van der Waals surface area contributed by atoms with Crippen LogP contribution in [0.1, 0.15) is 0 Å². The van der Waals surface area contributed by atoms with E-state index in [1.54, 1.807) is 25.3 Å². The molecule has 0 amide bonds. The van der Waals surface area contributed by atoms with Gasteiger partial charge in [0.25, 0.3) is 0 Å². The summed E-state index contributed by atoms with van der Waals surface area (Å²) in [5.41, 5.74) is 6.00. The Morgan fingerprint density at radius 1 is 1.60 bits per heavy atom. The molecule has 0 heterocycles. The van der Waals surface area contributed by atoms with Gasteiger partial charge in [-0.25, -0.2) is 0 Å². The summed E-state index contributed by atoms with van der Waals surface area (Å²) in [6, 6.07) is 8.06. The summed E-state index contributed by atoms with van der Waals surface area (Å²) in [5.74, 6) is 0.770. The van der Waals surface area contributed by atoms with Gasteiger partial charge in [0.05, 0.1) is 7.11 Å². The van der Waals surface area contributed by atoms with Crippen molar-refractivity contribution < 1.29 is 37.4 Å². The van der Waals surface area contributed by atoms with Crippen LogP contribution in [-0.2, 0) is 32.7 Å². The quantitative estimate of drug-likeness (QED) is 0.557.